The second kappa shape index (κ2) is 8.37. The number of piperidine rings is 1. The van der Waals surface area contributed by atoms with E-state index >= 15 is 0 Å². The van der Waals surface area contributed by atoms with Gasteiger partial charge in [0.1, 0.15) is 9.88 Å². The van der Waals surface area contributed by atoms with Crippen molar-refractivity contribution >= 4 is 23.2 Å². The molecule has 1 unspecified atom stereocenters. The van der Waals surface area contributed by atoms with Crippen LogP contribution in [0.2, 0.25) is 0 Å². The summed E-state index contributed by atoms with van der Waals surface area (Å²) in [6.07, 6.45) is 4.97. The summed E-state index contributed by atoms with van der Waals surface area (Å²) < 4.78 is 0. The number of aliphatic hydroxyl groups is 1. The maximum atomic E-state index is 13.0. The third-order valence-electron chi connectivity index (χ3n) is 4.39. The highest BCUT2D eigenvalue weighted by molar-refractivity contribution is 7.17. The average molecular weight is 374 g/mol. The van der Waals surface area contributed by atoms with Crippen molar-refractivity contribution in [1.82, 2.24) is 20.2 Å². The lowest BCUT2D eigenvalue weighted by Gasteiger charge is -2.31. The van der Waals surface area contributed by atoms with Gasteiger partial charge < -0.3 is 15.3 Å². The van der Waals surface area contributed by atoms with Gasteiger partial charge in [0, 0.05) is 37.6 Å². The molecule has 1 fully saturated rings. The molecule has 0 radical (unpaired) electrons. The van der Waals surface area contributed by atoms with E-state index in [0.29, 0.717) is 23.7 Å². The lowest BCUT2D eigenvalue weighted by atomic mass is 9.97. The number of pyridine rings is 1. The second-order valence-electron chi connectivity index (χ2n) is 6.28. The third-order valence-corrected chi connectivity index (χ3v) is 5.58. The van der Waals surface area contributed by atoms with Gasteiger partial charge in [-0.25, -0.2) is 4.98 Å². The Kier molecular flexibility index (Phi) is 5.95. The molecule has 0 aliphatic carbocycles. The molecule has 7 nitrogen and oxygen atoms in total. The van der Waals surface area contributed by atoms with Gasteiger partial charge in [-0.2, -0.15) is 0 Å². The van der Waals surface area contributed by atoms with Crippen LogP contribution in [0.1, 0.15) is 28.2 Å². The van der Waals surface area contributed by atoms with Gasteiger partial charge in [-0.15, -0.1) is 11.3 Å². The zero-order valence-corrected chi connectivity index (χ0v) is 15.5. The molecule has 0 spiro atoms. The first kappa shape index (κ1) is 18.5. The number of hydrogen-bond acceptors (Lipinski definition) is 6. The summed E-state index contributed by atoms with van der Waals surface area (Å²) in [5, 5.41) is 12.3. The Morgan fingerprint density at radius 2 is 2.31 bits per heavy atom. The molecule has 2 N–H and O–H groups in total. The maximum absolute atomic E-state index is 13.0. The number of aromatic nitrogens is 2. The summed E-state index contributed by atoms with van der Waals surface area (Å²) in [6.45, 7) is 3.03. The first-order chi connectivity index (χ1) is 12.6. The van der Waals surface area contributed by atoms with E-state index in [1.54, 1.807) is 17.3 Å². The van der Waals surface area contributed by atoms with Gasteiger partial charge in [0.05, 0.1) is 18.2 Å². The molecule has 26 heavy (non-hydrogen) atoms. The number of hydrogen-bond donors (Lipinski definition) is 2. The summed E-state index contributed by atoms with van der Waals surface area (Å²) in [5.41, 5.74) is 1.59. The van der Waals surface area contributed by atoms with Gasteiger partial charge in [-0.1, -0.05) is 0 Å². The van der Waals surface area contributed by atoms with Crippen LogP contribution in [0.5, 0.6) is 0 Å². The number of nitrogens with zero attached hydrogens (tertiary/aromatic N) is 3. The van der Waals surface area contributed by atoms with E-state index in [4.69, 9.17) is 5.11 Å². The fourth-order valence-corrected chi connectivity index (χ4v) is 4.07. The molecule has 3 rings (SSSR count). The molecule has 2 aromatic heterocycles. The van der Waals surface area contributed by atoms with Crippen LogP contribution in [-0.2, 0) is 4.79 Å². The van der Waals surface area contributed by atoms with Crippen LogP contribution in [0.4, 0.5) is 0 Å². The van der Waals surface area contributed by atoms with Crippen LogP contribution in [0.15, 0.2) is 24.5 Å². The number of carbonyl (C=O) groups is 2. The number of likely N-dealkylation sites (tertiary alicyclic amines) is 1. The summed E-state index contributed by atoms with van der Waals surface area (Å²) >= 11 is 1.36. The minimum atomic E-state index is -0.231. The van der Waals surface area contributed by atoms with Crippen molar-refractivity contribution in [2.45, 2.75) is 19.8 Å². The van der Waals surface area contributed by atoms with E-state index in [2.05, 4.69) is 15.3 Å². The monoisotopic (exact) mass is 374 g/mol. The molecular formula is C18H22N4O3S. The molecule has 1 aliphatic heterocycles. The molecule has 0 saturated carbocycles. The van der Waals surface area contributed by atoms with Gasteiger partial charge >= 0.3 is 0 Å². The van der Waals surface area contributed by atoms with Crippen molar-refractivity contribution in [3.05, 3.63) is 35.1 Å². The predicted molar refractivity (Wildman–Crippen MR) is 98.8 cm³/mol. The van der Waals surface area contributed by atoms with Crippen molar-refractivity contribution < 1.29 is 14.7 Å². The quantitative estimate of drug-likeness (QED) is 0.826. The Labute approximate surface area is 156 Å². The number of aliphatic hydroxyl groups excluding tert-OH is 1. The SMILES string of the molecule is Cc1nc(-c2cccnc2)sc1C(=O)N1CCCC(C(=O)NCCO)C1. The Balaban J connectivity index is 1.73. The van der Waals surface area contributed by atoms with Crippen molar-refractivity contribution in [3.63, 3.8) is 0 Å². The zero-order valence-electron chi connectivity index (χ0n) is 14.6. The summed E-state index contributed by atoms with van der Waals surface area (Å²) in [6, 6.07) is 3.76. The second-order valence-corrected chi connectivity index (χ2v) is 7.28. The normalized spacial score (nSPS) is 17.2. The molecule has 1 aliphatic rings. The largest absolute Gasteiger partial charge is 0.395 e. The number of aryl methyl sites for hydroxylation is 1. The Hall–Kier alpha value is -2.32. The fraction of sp³-hybridized carbons (Fsp3) is 0.444. The highest BCUT2D eigenvalue weighted by Crippen LogP contribution is 2.29. The lowest BCUT2D eigenvalue weighted by molar-refractivity contribution is -0.126. The van der Waals surface area contributed by atoms with E-state index in [9.17, 15) is 9.59 Å². The molecule has 8 heteroatoms. The minimum absolute atomic E-state index is 0.0743. The molecule has 0 aromatic carbocycles. The molecule has 2 amide bonds. The van der Waals surface area contributed by atoms with E-state index < -0.39 is 0 Å². The zero-order chi connectivity index (χ0) is 18.5. The third kappa shape index (κ3) is 4.08. The first-order valence-electron chi connectivity index (χ1n) is 8.66. The standard InChI is InChI=1S/C18H22N4O3S/c1-12-15(26-17(21-12)13-4-2-6-19-10-13)18(25)22-8-3-5-14(11-22)16(24)20-7-9-23/h2,4,6,10,14,23H,3,5,7-9,11H2,1H3,(H,20,24). The lowest BCUT2D eigenvalue weighted by Crippen LogP contribution is -2.45. The van der Waals surface area contributed by atoms with E-state index in [1.807, 2.05) is 19.1 Å². The number of nitrogens with one attached hydrogen (secondary N) is 1. The molecule has 2 aromatic rings. The Bertz CT molecular complexity index is 778. The van der Waals surface area contributed by atoms with Crippen molar-refractivity contribution in [2.75, 3.05) is 26.2 Å². The number of carbonyl (C=O) groups excluding carboxylic acids is 2. The van der Waals surface area contributed by atoms with Crippen LogP contribution < -0.4 is 5.32 Å². The molecule has 138 valence electrons. The van der Waals surface area contributed by atoms with Crippen molar-refractivity contribution in [3.8, 4) is 10.6 Å². The summed E-state index contributed by atoms with van der Waals surface area (Å²) in [5.74, 6) is -0.409. The highest BCUT2D eigenvalue weighted by atomic mass is 32.1. The van der Waals surface area contributed by atoms with Crippen LogP contribution in [0.3, 0.4) is 0 Å². The fourth-order valence-electron chi connectivity index (χ4n) is 3.05. The molecule has 0 bridgehead atoms. The minimum Gasteiger partial charge on any atom is -0.395 e. The maximum Gasteiger partial charge on any atom is 0.265 e. The Morgan fingerprint density at radius 3 is 3.04 bits per heavy atom. The molecular weight excluding hydrogens is 352 g/mol. The predicted octanol–water partition coefficient (Wildman–Crippen LogP) is 1.47. The van der Waals surface area contributed by atoms with Crippen molar-refractivity contribution in [1.29, 1.82) is 0 Å². The smallest absolute Gasteiger partial charge is 0.265 e. The average Bonchev–Trinajstić information content (AvgIpc) is 3.08. The summed E-state index contributed by atoms with van der Waals surface area (Å²) in [7, 11) is 0. The van der Waals surface area contributed by atoms with Crippen LogP contribution in [0, 0.1) is 12.8 Å². The van der Waals surface area contributed by atoms with Crippen LogP contribution in [0.25, 0.3) is 10.6 Å². The summed E-state index contributed by atoms with van der Waals surface area (Å²) in [4.78, 5) is 36.1. The van der Waals surface area contributed by atoms with Gasteiger partial charge in [0.2, 0.25) is 5.91 Å². The van der Waals surface area contributed by atoms with Crippen LogP contribution >= 0.6 is 11.3 Å². The molecule has 1 atom stereocenters. The van der Waals surface area contributed by atoms with Crippen molar-refractivity contribution in [2.24, 2.45) is 5.92 Å². The van der Waals surface area contributed by atoms with Gasteiger partial charge in [-0.05, 0) is 31.9 Å². The number of amides is 2. The number of rotatable bonds is 5. The highest BCUT2D eigenvalue weighted by Gasteiger charge is 2.30. The Morgan fingerprint density at radius 1 is 1.46 bits per heavy atom. The molecule has 1 saturated heterocycles. The van der Waals surface area contributed by atoms with E-state index in [1.165, 1.54) is 11.3 Å². The van der Waals surface area contributed by atoms with E-state index in [0.717, 1.165) is 23.4 Å². The van der Waals surface area contributed by atoms with Gasteiger partial charge in [0.15, 0.2) is 0 Å². The van der Waals surface area contributed by atoms with E-state index in [-0.39, 0.29) is 30.9 Å². The van der Waals surface area contributed by atoms with Gasteiger partial charge in [0.25, 0.3) is 5.91 Å². The number of thiazole rings is 1. The molecule has 3 heterocycles. The first-order valence-corrected chi connectivity index (χ1v) is 9.47. The topological polar surface area (TPSA) is 95.4 Å². The van der Waals surface area contributed by atoms with Crippen LogP contribution in [-0.4, -0.2) is 58.0 Å². The van der Waals surface area contributed by atoms with Gasteiger partial charge in [-0.3, -0.25) is 14.6 Å².